The minimum absolute atomic E-state index is 0.0769. The number of methoxy groups -OCH3 is 3. The predicted molar refractivity (Wildman–Crippen MR) is 77.6 cm³/mol. The molecule has 0 spiro atoms. The van der Waals surface area contributed by atoms with Crippen LogP contribution >= 0.6 is 0 Å². The van der Waals surface area contributed by atoms with Crippen molar-refractivity contribution in [1.82, 2.24) is 0 Å². The summed E-state index contributed by atoms with van der Waals surface area (Å²) in [7, 11) is 4.57. The van der Waals surface area contributed by atoms with E-state index in [-0.39, 0.29) is 12.5 Å². The van der Waals surface area contributed by atoms with Crippen LogP contribution in [-0.4, -0.2) is 33.8 Å². The Morgan fingerprint density at radius 2 is 1.85 bits per heavy atom. The van der Waals surface area contributed by atoms with Crippen LogP contribution in [0, 0.1) is 0 Å². The Kier molecular flexibility index (Phi) is 4.30. The zero-order valence-electron chi connectivity index (χ0n) is 11.7. The summed E-state index contributed by atoms with van der Waals surface area (Å²) >= 11 is 0. The summed E-state index contributed by atoms with van der Waals surface area (Å²) in [6.07, 6.45) is 0. The second-order valence-corrected chi connectivity index (χ2v) is 4.16. The topological polar surface area (TPSA) is 56.8 Å². The predicted octanol–water partition coefficient (Wildman–Crippen LogP) is 2.44. The summed E-state index contributed by atoms with van der Waals surface area (Å²) in [6.45, 7) is 0.0769. The Hall–Kier alpha value is -2.43. The van der Waals surface area contributed by atoms with E-state index in [9.17, 15) is 4.79 Å². The van der Waals surface area contributed by atoms with Gasteiger partial charge in [0.25, 0.3) is 0 Å². The fourth-order valence-electron chi connectivity index (χ4n) is 2.00. The smallest absolute Gasteiger partial charge is 0.325 e. The summed E-state index contributed by atoms with van der Waals surface area (Å²) in [5, 5.41) is 4.96. The van der Waals surface area contributed by atoms with Gasteiger partial charge in [0.2, 0.25) is 0 Å². The van der Waals surface area contributed by atoms with Gasteiger partial charge in [-0.25, -0.2) is 0 Å². The molecule has 5 heteroatoms. The molecule has 0 aliphatic rings. The molecule has 1 N–H and O–H groups in total. The van der Waals surface area contributed by atoms with E-state index in [1.54, 1.807) is 14.2 Å². The molecule has 2 aromatic carbocycles. The number of ether oxygens (including phenoxy) is 3. The van der Waals surface area contributed by atoms with Crippen molar-refractivity contribution < 1.29 is 19.0 Å². The molecule has 0 amide bonds. The number of nitrogens with one attached hydrogen (secondary N) is 1. The van der Waals surface area contributed by atoms with Crippen molar-refractivity contribution in [2.75, 3.05) is 33.2 Å². The highest BCUT2D eigenvalue weighted by Crippen LogP contribution is 2.34. The molecule has 0 heterocycles. The molecule has 5 nitrogen and oxygen atoms in total. The minimum atomic E-state index is -0.341. The van der Waals surface area contributed by atoms with Crippen molar-refractivity contribution in [3.8, 4) is 11.5 Å². The Balaban J connectivity index is 2.43. The molecular weight excluding hydrogens is 258 g/mol. The lowest BCUT2D eigenvalue weighted by Crippen LogP contribution is -2.15. The maximum absolute atomic E-state index is 11.2. The molecule has 2 aromatic rings. The third kappa shape index (κ3) is 2.77. The molecule has 0 unspecified atom stereocenters. The van der Waals surface area contributed by atoms with Crippen LogP contribution in [0.25, 0.3) is 10.8 Å². The lowest BCUT2D eigenvalue weighted by Gasteiger charge is -2.13. The number of fused-ring (bicyclic) bond motifs is 1. The van der Waals surface area contributed by atoms with Crippen molar-refractivity contribution in [1.29, 1.82) is 0 Å². The second-order valence-electron chi connectivity index (χ2n) is 4.16. The number of carbonyl (C=O) groups excluding carboxylic acids is 1. The summed E-state index contributed by atoms with van der Waals surface area (Å²) in [5.74, 6) is 1.09. The summed E-state index contributed by atoms with van der Waals surface area (Å²) in [5.41, 5.74) is 0.718. The van der Waals surface area contributed by atoms with Gasteiger partial charge in [-0.1, -0.05) is 12.1 Å². The number of hydrogen-bond donors (Lipinski definition) is 1. The fraction of sp³-hybridized carbons (Fsp3) is 0.267. The van der Waals surface area contributed by atoms with Crippen LogP contribution < -0.4 is 14.8 Å². The molecule has 0 saturated carbocycles. The third-order valence-electron chi connectivity index (χ3n) is 3.03. The molecule has 0 atom stereocenters. The molecule has 0 fully saturated rings. The second kappa shape index (κ2) is 6.14. The molecule has 0 radical (unpaired) electrons. The molecule has 106 valence electrons. The molecule has 0 aliphatic heterocycles. The monoisotopic (exact) mass is 275 g/mol. The highest BCUT2D eigenvalue weighted by molar-refractivity contribution is 5.93. The maximum Gasteiger partial charge on any atom is 0.325 e. The zero-order chi connectivity index (χ0) is 14.5. The summed E-state index contributed by atoms with van der Waals surface area (Å²) in [6, 6.07) is 9.58. The van der Waals surface area contributed by atoms with Crippen LogP contribution in [0.1, 0.15) is 0 Å². The number of rotatable bonds is 5. The quantitative estimate of drug-likeness (QED) is 0.849. The van der Waals surface area contributed by atoms with Gasteiger partial charge in [0.1, 0.15) is 18.0 Å². The zero-order valence-corrected chi connectivity index (χ0v) is 11.7. The number of carbonyl (C=O) groups is 1. The number of esters is 1. The molecule has 0 saturated heterocycles. The Bertz CT molecular complexity index is 625. The minimum Gasteiger partial charge on any atom is -0.496 e. The Morgan fingerprint density at radius 3 is 2.50 bits per heavy atom. The first-order valence-electron chi connectivity index (χ1n) is 6.15. The van der Waals surface area contributed by atoms with Gasteiger partial charge in [-0.05, 0) is 23.6 Å². The van der Waals surface area contributed by atoms with Crippen LogP contribution in [0.2, 0.25) is 0 Å². The third-order valence-corrected chi connectivity index (χ3v) is 3.03. The van der Waals surface area contributed by atoms with Gasteiger partial charge in [-0.15, -0.1) is 0 Å². The highest BCUT2D eigenvalue weighted by atomic mass is 16.5. The van der Waals surface area contributed by atoms with E-state index in [2.05, 4.69) is 10.1 Å². The van der Waals surface area contributed by atoms with E-state index in [0.717, 1.165) is 22.2 Å². The van der Waals surface area contributed by atoms with Crippen LogP contribution in [-0.2, 0) is 9.53 Å². The van der Waals surface area contributed by atoms with Gasteiger partial charge < -0.3 is 19.5 Å². The van der Waals surface area contributed by atoms with E-state index in [0.29, 0.717) is 5.75 Å². The van der Waals surface area contributed by atoms with E-state index in [1.165, 1.54) is 7.11 Å². The van der Waals surface area contributed by atoms with Gasteiger partial charge in [0.05, 0.1) is 27.0 Å². The SMILES string of the molecule is COC(=O)CNc1cc2c(OC)cccc2cc1OC. The van der Waals surface area contributed by atoms with Crippen molar-refractivity contribution >= 4 is 22.4 Å². The Labute approximate surface area is 117 Å². The molecular formula is C15H17NO4. The number of benzene rings is 2. The van der Waals surface area contributed by atoms with Crippen LogP contribution in [0.15, 0.2) is 30.3 Å². The molecule has 0 aromatic heterocycles. The largest absolute Gasteiger partial charge is 0.496 e. The van der Waals surface area contributed by atoms with E-state index in [4.69, 9.17) is 9.47 Å². The average Bonchev–Trinajstić information content (AvgIpc) is 2.50. The van der Waals surface area contributed by atoms with E-state index < -0.39 is 0 Å². The first kappa shape index (κ1) is 14.0. The number of anilines is 1. The standard InChI is InChI=1S/C15H17NO4/c1-18-13-6-4-5-10-7-14(19-2)12(8-11(10)13)16-9-15(17)20-3/h4-8,16H,9H2,1-3H3. The van der Waals surface area contributed by atoms with Gasteiger partial charge in [0.15, 0.2) is 0 Å². The van der Waals surface area contributed by atoms with Crippen molar-refractivity contribution in [2.24, 2.45) is 0 Å². The molecule has 0 bridgehead atoms. The van der Waals surface area contributed by atoms with E-state index >= 15 is 0 Å². The lowest BCUT2D eigenvalue weighted by atomic mass is 10.1. The van der Waals surface area contributed by atoms with Crippen LogP contribution in [0.3, 0.4) is 0 Å². The molecule has 2 rings (SSSR count). The van der Waals surface area contributed by atoms with Gasteiger partial charge in [0, 0.05) is 5.39 Å². The molecule has 20 heavy (non-hydrogen) atoms. The van der Waals surface area contributed by atoms with Gasteiger partial charge in [-0.3, -0.25) is 4.79 Å². The number of hydrogen-bond acceptors (Lipinski definition) is 5. The lowest BCUT2D eigenvalue weighted by molar-refractivity contribution is -0.138. The molecule has 0 aliphatic carbocycles. The van der Waals surface area contributed by atoms with Gasteiger partial charge in [-0.2, -0.15) is 0 Å². The maximum atomic E-state index is 11.2. The van der Waals surface area contributed by atoms with Crippen LogP contribution in [0.4, 0.5) is 5.69 Å². The Morgan fingerprint density at radius 1 is 1.10 bits per heavy atom. The summed E-state index contributed by atoms with van der Waals surface area (Å²) in [4.78, 5) is 11.2. The first-order chi connectivity index (χ1) is 9.69. The normalized spacial score (nSPS) is 10.2. The van der Waals surface area contributed by atoms with Gasteiger partial charge >= 0.3 is 5.97 Å². The van der Waals surface area contributed by atoms with Crippen molar-refractivity contribution in [2.45, 2.75) is 0 Å². The first-order valence-corrected chi connectivity index (χ1v) is 6.15. The average molecular weight is 275 g/mol. The van der Waals surface area contributed by atoms with Crippen molar-refractivity contribution in [3.05, 3.63) is 30.3 Å². The fourth-order valence-corrected chi connectivity index (χ4v) is 2.00. The summed E-state index contributed by atoms with van der Waals surface area (Å²) < 4.78 is 15.3. The van der Waals surface area contributed by atoms with Crippen molar-refractivity contribution in [3.63, 3.8) is 0 Å². The highest BCUT2D eigenvalue weighted by Gasteiger charge is 2.10. The van der Waals surface area contributed by atoms with Crippen LogP contribution in [0.5, 0.6) is 11.5 Å². The van der Waals surface area contributed by atoms with E-state index in [1.807, 2.05) is 30.3 Å².